The number of nitrogens with two attached hydrogens (primary N) is 1. The molecule has 3 heteroatoms. The van der Waals surface area contributed by atoms with Crippen molar-refractivity contribution >= 4 is 0 Å². The molecular formula is C7H16N2O. The second-order valence-electron chi connectivity index (χ2n) is 3.15. The molecule has 3 nitrogen and oxygen atoms in total. The lowest BCUT2D eigenvalue weighted by Crippen LogP contribution is -2.61. The average Bonchev–Trinajstić information content (AvgIpc) is 1.85. The van der Waals surface area contributed by atoms with Gasteiger partial charge in [-0.3, -0.25) is 4.90 Å². The minimum absolute atomic E-state index is 0.106. The van der Waals surface area contributed by atoms with E-state index in [0.29, 0.717) is 0 Å². The van der Waals surface area contributed by atoms with Crippen LogP contribution in [0.5, 0.6) is 0 Å². The number of likely N-dealkylation sites (tertiary alicyclic amines) is 1. The molecule has 0 aromatic heterocycles. The van der Waals surface area contributed by atoms with Gasteiger partial charge in [-0.2, -0.15) is 0 Å². The Balaban J connectivity index is 2.16. The summed E-state index contributed by atoms with van der Waals surface area (Å²) < 4.78 is 5.27. The van der Waals surface area contributed by atoms with E-state index in [4.69, 9.17) is 10.5 Å². The molecule has 60 valence electrons. The van der Waals surface area contributed by atoms with Crippen LogP contribution in [0.15, 0.2) is 0 Å². The van der Waals surface area contributed by atoms with Crippen molar-refractivity contribution in [2.75, 3.05) is 33.3 Å². The number of ether oxygens (including phenoxy) is 1. The third kappa shape index (κ3) is 1.48. The van der Waals surface area contributed by atoms with Crippen molar-refractivity contribution < 1.29 is 4.74 Å². The maximum atomic E-state index is 5.39. The molecule has 1 aliphatic rings. The summed E-state index contributed by atoms with van der Waals surface area (Å²) in [5.41, 5.74) is 5.49. The highest BCUT2D eigenvalue weighted by Crippen LogP contribution is 2.22. The molecule has 2 N–H and O–H groups in total. The van der Waals surface area contributed by atoms with Crippen molar-refractivity contribution in [3.05, 3.63) is 0 Å². The fourth-order valence-electron chi connectivity index (χ4n) is 1.37. The van der Waals surface area contributed by atoms with E-state index in [1.54, 1.807) is 7.11 Å². The summed E-state index contributed by atoms with van der Waals surface area (Å²) >= 11 is 0. The molecule has 0 aromatic carbocycles. The van der Waals surface area contributed by atoms with Crippen LogP contribution < -0.4 is 5.73 Å². The lowest BCUT2D eigenvalue weighted by molar-refractivity contribution is -0.109. The molecule has 0 bridgehead atoms. The highest BCUT2D eigenvalue weighted by molar-refractivity contribution is 4.92. The quantitative estimate of drug-likeness (QED) is 0.589. The summed E-state index contributed by atoms with van der Waals surface area (Å²) in [5, 5.41) is 0. The summed E-state index contributed by atoms with van der Waals surface area (Å²) in [6.07, 6.45) is 0. The molecule has 1 aliphatic heterocycles. The van der Waals surface area contributed by atoms with Crippen LogP contribution in [0.25, 0.3) is 0 Å². The molecule has 10 heavy (non-hydrogen) atoms. The Kier molecular flexibility index (Phi) is 2.28. The normalized spacial score (nSPS) is 24.3. The molecule has 0 amide bonds. The molecule has 0 aliphatic carbocycles. The van der Waals surface area contributed by atoms with Gasteiger partial charge in [-0.25, -0.2) is 0 Å². The van der Waals surface area contributed by atoms with E-state index in [2.05, 4.69) is 11.8 Å². The zero-order chi connectivity index (χ0) is 7.61. The Morgan fingerprint density at radius 1 is 1.60 bits per heavy atom. The Morgan fingerprint density at radius 3 is 2.60 bits per heavy atom. The molecule has 1 heterocycles. The molecule has 0 spiro atoms. The maximum Gasteiger partial charge on any atom is 0.0903 e. The van der Waals surface area contributed by atoms with E-state index in [1.807, 2.05) is 0 Å². The van der Waals surface area contributed by atoms with Crippen molar-refractivity contribution in [1.82, 2.24) is 4.90 Å². The first kappa shape index (κ1) is 7.98. The first-order valence-electron chi connectivity index (χ1n) is 3.68. The van der Waals surface area contributed by atoms with E-state index >= 15 is 0 Å². The number of methoxy groups -OCH3 is 1. The number of hydrogen-bond acceptors (Lipinski definition) is 3. The number of hydrogen-bond donors (Lipinski definition) is 1. The molecule has 0 saturated carbocycles. The van der Waals surface area contributed by atoms with Gasteiger partial charge in [0.1, 0.15) is 0 Å². The van der Waals surface area contributed by atoms with Crippen molar-refractivity contribution in [2.24, 2.45) is 5.73 Å². The largest absolute Gasteiger partial charge is 0.376 e. The topological polar surface area (TPSA) is 38.5 Å². The zero-order valence-electron chi connectivity index (χ0n) is 6.76. The first-order valence-corrected chi connectivity index (χ1v) is 3.68. The Morgan fingerprint density at radius 2 is 2.20 bits per heavy atom. The van der Waals surface area contributed by atoms with Crippen molar-refractivity contribution in [3.8, 4) is 0 Å². The summed E-state index contributed by atoms with van der Waals surface area (Å²) in [5.74, 6) is 0. The molecule has 0 unspecified atom stereocenters. The minimum atomic E-state index is 0.106. The predicted octanol–water partition coefficient (Wildman–Crippen LogP) is -0.334. The van der Waals surface area contributed by atoms with E-state index in [9.17, 15) is 0 Å². The van der Waals surface area contributed by atoms with Crippen LogP contribution in [-0.2, 0) is 4.74 Å². The standard InChI is InChI=1S/C7H16N2O/c1-7(10-2)5-9(6-7)4-3-8/h3-6,8H2,1-2H3. The molecule has 1 rings (SSSR count). The van der Waals surface area contributed by atoms with Crippen LogP contribution in [0.1, 0.15) is 6.92 Å². The van der Waals surface area contributed by atoms with E-state index < -0.39 is 0 Å². The van der Waals surface area contributed by atoms with Crippen LogP contribution in [0.3, 0.4) is 0 Å². The third-order valence-electron chi connectivity index (χ3n) is 2.05. The predicted molar refractivity (Wildman–Crippen MR) is 40.9 cm³/mol. The molecule has 0 aromatic rings. The van der Waals surface area contributed by atoms with Gasteiger partial charge >= 0.3 is 0 Å². The lowest BCUT2D eigenvalue weighted by atomic mass is 9.97. The zero-order valence-corrected chi connectivity index (χ0v) is 6.76. The molecule has 1 saturated heterocycles. The van der Waals surface area contributed by atoms with Crippen molar-refractivity contribution in [2.45, 2.75) is 12.5 Å². The second kappa shape index (κ2) is 2.86. The van der Waals surface area contributed by atoms with Crippen LogP contribution >= 0.6 is 0 Å². The smallest absolute Gasteiger partial charge is 0.0903 e. The van der Waals surface area contributed by atoms with Gasteiger partial charge in [0.25, 0.3) is 0 Å². The lowest BCUT2D eigenvalue weighted by Gasteiger charge is -2.46. The van der Waals surface area contributed by atoms with Crippen LogP contribution in [-0.4, -0.2) is 43.8 Å². The molecule has 0 radical (unpaired) electrons. The summed E-state index contributed by atoms with van der Waals surface area (Å²) in [6.45, 7) is 5.93. The van der Waals surface area contributed by atoms with Crippen LogP contribution in [0, 0.1) is 0 Å². The fourth-order valence-corrected chi connectivity index (χ4v) is 1.37. The van der Waals surface area contributed by atoms with Crippen LogP contribution in [0.4, 0.5) is 0 Å². The number of rotatable bonds is 3. The van der Waals surface area contributed by atoms with E-state index in [0.717, 1.165) is 26.2 Å². The van der Waals surface area contributed by atoms with Gasteiger partial charge < -0.3 is 10.5 Å². The second-order valence-corrected chi connectivity index (χ2v) is 3.15. The SMILES string of the molecule is COC1(C)CN(CCN)C1. The van der Waals surface area contributed by atoms with Gasteiger partial charge in [0.05, 0.1) is 5.60 Å². The molecule has 0 atom stereocenters. The maximum absolute atomic E-state index is 5.39. The van der Waals surface area contributed by atoms with Crippen molar-refractivity contribution in [3.63, 3.8) is 0 Å². The van der Waals surface area contributed by atoms with Gasteiger partial charge in [0.15, 0.2) is 0 Å². The fraction of sp³-hybridized carbons (Fsp3) is 1.00. The first-order chi connectivity index (χ1) is 4.70. The highest BCUT2D eigenvalue weighted by atomic mass is 16.5. The Hall–Kier alpha value is -0.120. The molecule has 1 fully saturated rings. The average molecular weight is 144 g/mol. The third-order valence-corrected chi connectivity index (χ3v) is 2.05. The van der Waals surface area contributed by atoms with Gasteiger partial charge in [-0.1, -0.05) is 0 Å². The monoisotopic (exact) mass is 144 g/mol. The van der Waals surface area contributed by atoms with Gasteiger partial charge in [0.2, 0.25) is 0 Å². The Labute approximate surface area is 62.1 Å². The van der Waals surface area contributed by atoms with E-state index in [-0.39, 0.29) is 5.60 Å². The summed E-state index contributed by atoms with van der Waals surface area (Å²) in [6, 6.07) is 0. The molecular weight excluding hydrogens is 128 g/mol. The van der Waals surface area contributed by atoms with Gasteiger partial charge in [0, 0.05) is 33.3 Å². The summed E-state index contributed by atoms with van der Waals surface area (Å²) in [7, 11) is 1.76. The Bertz CT molecular complexity index is 110. The van der Waals surface area contributed by atoms with Gasteiger partial charge in [-0.15, -0.1) is 0 Å². The van der Waals surface area contributed by atoms with Gasteiger partial charge in [-0.05, 0) is 6.92 Å². The minimum Gasteiger partial charge on any atom is -0.376 e. The van der Waals surface area contributed by atoms with Crippen molar-refractivity contribution in [1.29, 1.82) is 0 Å². The van der Waals surface area contributed by atoms with E-state index in [1.165, 1.54) is 0 Å². The highest BCUT2D eigenvalue weighted by Gasteiger charge is 2.37. The summed E-state index contributed by atoms with van der Waals surface area (Å²) in [4.78, 5) is 2.30. The number of nitrogens with zero attached hydrogens (tertiary/aromatic N) is 1. The van der Waals surface area contributed by atoms with Crippen LogP contribution in [0.2, 0.25) is 0 Å².